The van der Waals surface area contributed by atoms with Crippen LogP contribution in [0.3, 0.4) is 0 Å². The average molecular weight is 388 g/mol. The van der Waals surface area contributed by atoms with E-state index >= 15 is 0 Å². The third-order valence-corrected chi connectivity index (χ3v) is 6.01. The minimum atomic E-state index is -0.0288. The largest absolute Gasteiger partial charge is 0.368 e. The normalized spacial score (nSPS) is 21.0. The standard InChI is InChI=1S/C25H41NO2/c1-9-10-11-22-23(14-24(27)26-22)28-18(8)25-20(16(4)5)12-19(15(2)3)13-21(25)17(6)7/h12-13,15-18,22-23H,9-11,14H2,1-8H3,(H,26,27)/t18-,22+,23+/m1/s1. The molecule has 3 atom stereocenters. The molecule has 1 aromatic rings. The molecule has 158 valence electrons. The number of benzene rings is 1. The van der Waals surface area contributed by atoms with Gasteiger partial charge < -0.3 is 10.1 Å². The topological polar surface area (TPSA) is 38.3 Å². The van der Waals surface area contributed by atoms with Crippen LogP contribution in [0.5, 0.6) is 0 Å². The summed E-state index contributed by atoms with van der Waals surface area (Å²) in [6.45, 7) is 18.0. The van der Waals surface area contributed by atoms with E-state index < -0.39 is 0 Å². The van der Waals surface area contributed by atoms with Gasteiger partial charge in [-0.25, -0.2) is 0 Å². The first kappa shape index (κ1) is 22.9. The van der Waals surface area contributed by atoms with Crippen LogP contribution >= 0.6 is 0 Å². The summed E-state index contributed by atoms with van der Waals surface area (Å²) in [7, 11) is 0. The molecule has 0 aromatic heterocycles. The minimum absolute atomic E-state index is 0.0159. The molecule has 1 aliphatic rings. The van der Waals surface area contributed by atoms with Gasteiger partial charge in [-0.2, -0.15) is 0 Å². The van der Waals surface area contributed by atoms with Crippen LogP contribution in [0.1, 0.15) is 127 Å². The lowest BCUT2D eigenvalue weighted by Gasteiger charge is -2.29. The second-order valence-electron chi connectivity index (χ2n) is 9.41. The molecule has 0 bridgehead atoms. The monoisotopic (exact) mass is 387 g/mol. The van der Waals surface area contributed by atoms with Crippen LogP contribution in [0.25, 0.3) is 0 Å². The Hall–Kier alpha value is -1.35. The molecular weight excluding hydrogens is 346 g/mol. The van der Waals surface area contributed by atoms with E-state index in [9.17, 15) is 4.79 Å². The molecule has 1 saturated heterocycles. The molecule has 2 rings (SSSR count). The van der Waals surface area contributed by atoms with E-state index in [4.69, 9.17) is 4.74 Å². The van der Waals surface area contributed by atoms with Crippen LogP contribution in [0.2, 0.25) is 0 Å². The summed E-state index contributed by atoms with van der Waals surface area (Å²) in [5, 5.41) is 3.13. The van der Waals surface area contributed by atoms with Gasteiger partial charge in [0.1, 0.15) is 0 Å². The summed E-state index contributed by atoms with van der Waals surface area (Å²) in [6.07, 6.45) is 3.70. The Bertz CT molecular complexity index is 634. The van der Waals surface area contributed by atoms with E-state index in [1.54, 1.807) is 0 Å². The van der Waals surface area contributed by atoms with Gasteiger partial charge in [-0.3, -0.25) is 4.79 Å². The van der Waals surface area contributed by atoms with Crippen molar-refractivity contribution in [3.8, 4) is 0 Å². The number of hydrogen-bond acceptors (Lipinski definition) is 2. The Morgan fingerprint density at radius 2 is 1.57 bits per heavy atom. The summed E-state index contributed by atoms with van der Waals surface area (Å²) in [5.74, 6) is 1.52. The summed E-state index contributed by atoms with van der Waals surface area (Å²) >= 11 is 0. The number of amides is 1. The van der Waals surface area contributed by atoms with Crippen molar-refractivity contribution in [2.45, 2.75) is 117 Å². The summed E-state index contributed by atoms with van der Waals surface area (Å²) < 4.78 is 6.58. The Kier molecular flexibility index (Phi) is 8.12. The fraction of sp³-hybridized carbons (Fsp3) is 0.720. The Morgan fingerprint density at radius 3 is 2.04 bits per heavy atom. The maximum atomic E-state index is 12.0. The number of unbranched alkanes of at least 4 members (excludes halogenated alkanes) is 1. The zero-order chi connectivity index (χ0) is 21.0. The third kappa shape index (κ3) is 5.37. The highest BCUT2D eigenvalue weighted by atomic mass is 16.5. The first-order valence-electron chi connectivity index (χ1n) is 11.3. The quantitative estimate of drug-likeness (QED) is 0.519. The van der Waals surface area contributed by atoms with Gasteiger partial charge in [-0.05, 0) is 53.4 Å². The molecule has 0 spiro atoms. The number of carbonyl (C=O) groups is 1. The maximum absolute atomic E-state index is 12.0. The fourth-order valence-corrected chi connectivity index (χ4v) is 4.32. The predicted molar refractivity (Wildman–Crippen MR) is 118 cm³/mol. The van der Waals surface area contributed by atoms with Gasteiger partial charge in [-0.15, -0.1) is 0 Å². The van der Waals surface area contributed by atoms with Crippen LogP contribution in [0.4, 0.5) is 0 Å². The first-order valence-corrected chi connectivity index (χ1v) is 11.3. The van der Waals surface area contributed by atoms with Gasteiger partial charge in [0.15, 0.2) is 0 Å². The molecule has 1 fully saturated rings. The van der Waals surface area contributed by atoms with Crippen molar-refractivity contribution < 1.29 is 9.53 Å². The van der Waals surface area contributed by atoms with Crippen molar-refractivity contribution in [2.75, 3.05) is 0 Å². The SMILES string of the molecule is CCCC[C@@H]1NC(=O)C[C@@H]1O[C@H](C)c1c(C(C)C)cc(C(C)C)cc1C(C)C. The van der Waals surface area contributed by atoms with Gasteiger partial charge >= 0.3 is 0 Å². The Labute approximate surface area is 172 Å². The van der Waals surface area contributed by atoms with E-state index in [0.717, 1.165) is 19.3 Å². The van der Waals surface area contributed by atoms with Crippen LogP contribution in [0, 0.1) is 0 Å². The Morgan fingerprint density at radius 1 is 1.00 bits per heavy atom. The number of nitrogens with one attached hydrogen (secondary N) is 1. The van der Waals surface area contributed by atoms with E-state index in [1.807, 2.05) is 0 Å². The molecule has 3 nitrogen and oxygen atoms in total. The summed E-state index contributed by atoms with van der Waals surface area (Å²) in [4.78, 5) is 12.0. The van der Waals surface area contributed by atoms with E-state index in [-0.39, 0.29) is 24.2 Å². The van der Waals surface area contributed by atoms with Crippen molar-refractivity contribution >= 4 is 5.91 Å². The smallest absolute Gasteiger partial charge is 0.223 e. The van der Waals surface area contributed by atoms with Gasteiger partial charge in [0.25, 0.3) is 0 Å². The highest BCUT2D eigenvalue weighted by Crippen LogP contribution is 2.38. The molecule has 0 aliphatic carbocycles. The molecule has 1 aromatic carbocycles. The van der Waals surface area contributed by atoms with Gasteiger partial charge in [0, 0.05) is 0 Å². The second kappa shape index (κ2) is 9.91. The maximum Gasteiger partial charge on any atom is 0.223 e. The van der Waals surface area contributed by atoms with Crippen LogP contribution in [-0.4, -0.2) is 18.1 Å². The number of carbonyl (C=O) groups excluding carboxylic acids is 1. The van der Waals surface area contributed by atoms with Crippen molar-refractivity contribution in [1.29, 1.82) is 0 Å². The molecular formula is C25H41NO2. The van der Waals surface area contributed by atoms with E-state index in [1.165, 1.54) is 22.3 Å². The molecule has 1 N–H and O–H groups in total. The van der Waals surface area contributed by atoms with Crippen LogP contribution < -0.4 is 5.32 Å². The predicted octanol–water partition coefficient (Wildman–Crippen LogP) is 6.58. The number of hydrogen-bond donors (Lipinski definition) is 1. The third-order valence-electron chi connectivity index (χ3n) is 6.01. The highest BCUT2D eigenvalue weighted by Gasteiger charge is 2.35. The molecule has 3 heteroatoms. The molecule has 1 aliphatic heterocycles. The zero-order valence-corrected chi connectivity index (χ0v) is 19.3. The van der Waals surface area contributed by atoms with Crippen molar-refractivity contribution in [3.63, 3.8) is 0 Å². The van der Waals surface area contributed by atoms with Gasteiger partial charge in [0.2, 0.25) is 5.91 Å². The second-order valence-corrected chi connectivity index (χ2v) is 9.41. The van der Waals surface area contributed by atoms with Gasteiger partial charge in [-0.1, -0.05) is 73.4 Å². The van der Waals surface area contributed by atoms with Crippen molar-refractivity contribution in [3.05, 3.63) is 34.4 Å². The van der Waals surface area contributed by atoms with Crippen molar-refractivity contribution in [2.24, 2.45) is 0 Å². The minimum Gasteiger partial charge on any atom is -0.368 e. The molecule has 28 heavy (non-hydrogen) atoms. The molecule has 1 heterocycles. The van der Waals surface area contributed by atoms with Gasteiger partial charge in [0.05, 0.1) is 24.7 Å². The number of ether oxygens (including phenoxy) is 1. The highest BCUT2D eigenvalue weighted by molar-refractivity contribution is 5.79. The first-order chi connectivity index (χ1) is 13.1. The molecule has 0 saturated carbocycles. The van der Waals surface area contributed by atoms with Crippen molar-refractivity contribution in [1.82, 2.24) is 5.32 Å². The summed E-state index contributed by atoms with van der Waals surface area (Å²) in [6, 6.07) is 4.90. The number of rotatable bonds is 9. The molecule has 0 unspecified atom stereocenters. The lowest BCUT2D eigenvalue weighted by atomic mass is 9.82. The fourth-order valence-electron chi connectivity index (χ4n) is 4.32. The van der Waals surface area contributed by atoms with Crippen LogP contribution in [0.15, 0.2) is 12.1 Å². The Balaban J connectivity index is 2.37. The zero-order valence-electron chi connectivity index (χ0n) is 19.3. The molecule has 0 radical (unpaired) electrons. The van der Waals surface area contributed by atoms with E-state index in [2.05, 4.69) is 72.8 Å². The molecule has 1 amide bonds. The van der Waals surface area contributed by atoms with E-state index in [0.29, 0.717) is 24.2 Å². The lowest BCUT2D eigenvalue weighted by Crippen LogP contribution is -2.33. The lowest BCUT2D eigenvalue weighted by molar-refractivity contribution is -0.120. The van der Waals surface area contributed by atoms with Crippen LogP contribution in [-0.2, 0) is 9.53 Å². The average Bonchev–Trinajstić information content (AvgIpc) is 2.97. The summed E-state index contributed by atoms with van der Waals surface area (Å²) in [5.41, 5.74) is 5.53.